The number of aromatic nitrogens is 1. The molecule has 0 saturated heterocycles. The molecule has 0 atom stereocenters. The van der Waals surface area contributed by atoms with Gasteiger partial charge in [0.2, 0.25) is 0 Å². The van der Waals surface area contributed by atoms with Crippen molar-refractivity contribution < 1.29 is 4.79 Å². The van der Waals surface area contributed by atoms with Crippen molar-refractivity contribution in [2.75, 3.05) is 5.32 Å². The van der Waals surface area contributed by atoms with E-state index in [0.29, 0.717) is 10.7 Å². The molecule has 3 aromatic rings. The van der Waals surface area contributed by atoms with Crippen molar-refractivity contribution in [3.05, 3.63) is 70.1 Å². The van der Waals surface area contributed by atoms with Crippen molar-refractivity contribution >= 4 is 22.4 Å². The van der Waals surface area contributed by atoms with Gasteiger partial charge in [0.1, 0.15) is 0 Å². The van der Waals surface area contributed by atoms with Crippen molar-refractivity contribution in [3.63, 3.8) is 0 Å². The molecule has 0 fully saturated rings. The van der Waals surface area contributed by atoms with Gasteiger partial charge < -0.3 is 0 Å². The number of hydrogen-bond acceptors (Lipinski definition) is 3. The van der Waals surface area contributed by atoms with Crippen molar-refractivity contribution in [2.24, 2.45) is 0 Å². The number of carbonyl (C=O) groups is 1. The van der Waals surface area contributed by atoms with E-state index in [-0.39, 0.29) is 5.91 Å². The van der Waals surface area contributed by atoms with Gasteiger partial charge in [-0.1, -0.05) is 48.0 Å². The molecule has 23 heavy (non-hydrogen) atoms. The smallest absolute Gasteiger partial charge is 0.257 e. The summed E-state index contributed by atoms with van der Waals surface area (Å²) in [6.07, 6.45) is 0. The normalized spacial score (nSPS) is 10.6. The Morgan fingerprint density at radius 2 is 1.70 bits per heavy atom. The van der Waals surface area contributed by atoms with E-state index in [0.717, 1.165) is 21.7 Å². The second kappa shape index (κ2) is 6.34. The maximum atomic E-state index is 12.4. The SMILES string of the molecule is Cc1ccc(-c2nc(NC(=O)c3ccccc3C)sc2C)cc1. The molecule has 0 unspecified atom stereocenters. The summed E-state index contributed by atoms with van der Waals surface area (Å²) < 4.78 is 0. The summed E-state index contributed by atoms with van der Waals surface area (Å²) >= 11 is 1.50. The van der Waals surface area contributed by atoms with Crippen LogP contribution in [0.2, 0.25) is 0 Å². The van der Waals surface area contributed by atoms with Gasteiger partial charge in [0.15, 0.2) is 5.13 Å². The highest BCUT2D eigenvalue weighted by Crippen LogP contribution is 2.30. The molecular weight excluding hydrogens is 304 g/mol. The summed E-state index contributed by atoms with van der Waals surface area (Å²) in [4.78, 5) is 18.1. The minimum Gasteiger partial charge on any atom is -0.298 e. The van der Waals surface area contributed by atoms with E-state index >= 15 is 0 Å². The molecule has 0 aliphatic carbocycles. The summed E-state index contributed by atoms with van der Waals surface area (Å²) in [5.41, 5.74) is 4.85. The molecule has 0 saturated carbocycles. The molecule has 116 valence electrons. The van der Waals surface area contributed by atoms with Crippen molar-refractivity contribution in [3.8, 4) is 11.3 Å². The number of anilines is 1. The van der Waals surface area contributed by atoms with E-state index in [1.165, 1.54) is 16.9 Å². The number of aryl methyl sites for hydroxylation is 3. The maximum Gasteiger partial charge on any atom is 0.257 e. The van der Waals surface area contributed by atoms with Crippen LogP contribution >= 0.6 is 11.3 Å². The molecule has 2 aromatic carbocycles. The molecule has 1 amide bonds. The summed E-state index contributed by atoms with van der Waals surface area (Å²) in [5, 5.41) is 3.54. The van der Waals surface area contributed by atoms with E-state index in [1.807, 2.05) is 38.1 Å². The molecule has 0 aliphatic heterocycles. The molecule has 0 bridgehead atoms. The first-order chi connectivity index (χ1) is 11.0. The van der Waals surface area contributed by atoms with Crippen LogP contribution in [0, 0.1) is 20.8 Å². The summed E-state index contributed by atoms with van der Waals surface area (Å²) in [5.74, 6) is -0.118. The van der Waals surface area contributed by atoms with E-state index in [4.69, 9.17) is 0 Å². The number of nitrogens with one attached hydrogen (secondary N) is 1. The van der Waals surface area contributed by atoms with Crippen LogP contribution in [0.5, 0.6) is 0 Å². The highest BCUT2D eigenvalue weighted by atomic mass is 32.1. The Labute approximate surface area is 140 Å². The molecule has 3 nitrogen and oxygen atoms in total. The zero-order chi connectivity index (χ0) is 16.4. The monoisotopic (exact) mass is 322 g/mol. The molecule has 4 heteroatoms. The van der Waals surface area contributed by atoms with Crippen molar-refractivity contribution in [1.82, 2.24) is 4.98 Å². The van der Waals surface area contributed by atoms with Gasteiger partial charge in [-0.15, -0.1) is 11.3 Å². The first-order valence-corrected chi connectivity index (χ1v) is 8.27. The Balaban J connectivity index is 1.85. The topological polar surface area (TPSA) is 42.0 Å². The lowest BCUT2D eigenvalue weighted by molar-refractivity contribution is 0.102. The van der Waals surface area contributed by atoms with Gasteiger partial charge in [0.05, 0.1) is 5.69 Å². The van der Waals surface area contributed by atoms with Crippen LogP contribution in [0.4, 0.5) is 5.13 Å². The second-order valence-corrected chi connectivity index (χ2v) is 6.76. The van der Waals surface area contributed by atoms with Gasteiger partial charge in [-0.3, -0.25) is 10.1 Å². The van der Waals surface area contributed by atoms with Gasteiger partial charge in [0.25, 0.3) is 5.91 Å². The summed E-state index contributed by atoms with van der Waals surface area (Å²) in [6.45, 7) is 6.02. The predicted molar refractivity (Wildman–Crippen MR) is 96.2 cm³/mol. The fourth-order valence-electron chi connectivity index (χ4n) is 2.42. The molecule has 1 N–H and O–H groups in total. The second-order valence-electron chi connectivity index (χ2n) is 5.56. The molecule has 0 radical (unpaired) electrons. The van der Waals surface area contributed by atoms with Gasteiger partial charge in [-0.05, 0) is 32.4 Å². The lowest BCUT2D eigenvalue weighted by atomic mass is 10.1. The first-order valence-electron chi connectivity index (χ1n) is 7.46. The Hall–Kier alpha value is -2.46. The number of carbonyl (C=O) groups excluding carboxylic acids is 1. The quantitative estimate of drug-likeness (QED) is 0.738. The molecule has 0 spiro atoms. The fourth-order valence-corrected chi connectivity index (χ4v) is 3.25. The highest BCUT2D eigenvalue weighted by molar-refractivity contribution is 7.16. The third kappa shape index (κ3) is 3.32. The maximum absolute atomic E-state index is 12.4. The Morgan fingerprint density at radius 3 is 2.39 bits per heavy atom. The highest BCUT2D eigenvalue weighted by Gasteiger charge is 2.14. The minimum atomic E-state index is -0.118. The van der Waals surface area contributed by atoms with Crippen LogP contribution in [-0.4, -0.2) is 10.9 Å². The third-order valence-electron chi connectivity index (χ3n) is 3.73. The number of nitrogens with zero attached hydrogens (tertiary/aromatic N) is 1. The van der Waals surface area contributed by atoms with Crippen LogP contribution in [0.15, 0.2) is 48.5 Å². The minimum absolute atomic E-state index is 0.118. The zero-order valence-electron chi connectivity index (χ0n) is 13.4. The van der Waals surface area contributed by atoms with Gasteiger partial charge in [-0.25, -0.2) is 4.98 Å². The summed E-state index contributed by atoms with van der Waals surface area (Å²) in [6, 6.07) is 15.8. The molecule has 0 aliphatic rings. The largest absolute Gasteiger partial charge is 0.298 e. The van der Waals surface area contributed by atoms with Crippen LogP contribution < -0.4 is 5.32 Å². The summed E-state index contributed by atoms with van der Waals surface area (Å²) in [7, 11) is 0. The molecular formula is C19H18N2OS. The Morgan fingerprint density at radius 1 is 1.00 bits per heavy atom. The molecule has 3 rings (SSSR count). The van der Waals surface area contributed by atoms with Crippen molar-refractivity contribution in [2.45, 2.75) is 20.8 Å². The van der Waals surface area contributed by atoms with Crippen LogP contribution in [0.25, 0.3) is 11.3 Å². The van der Waals surface area contributed by atoms with E-state index in [9.17, 15) is 4.79 Å². The standard InChI is InChI=1S/C19H18N2OS/c1-12-8-10-15(11-9-12)17-14(3)23-19(20-17)21-18(22)16-7-5-4-6-13(16)2/h4-11H,1-3H3,(H,20,21,22). The Bertz CT molecular complexity index is 850. The predicted octanol–water partition coefficient (Wildman–Crippen LogP) is 4.99. The number of amides is 1. The average Bonchev–Trinajstić information content (AvgIpc) is 2.89. The van der Waals surface area contributed by atoms with Crippen molar-refractivity contribution in [1.29, 1.82) is 0 Å². The molecule has 1 heterocycles. The van der Waals surface area contributed by atoms with Crippen LogP contribution in [0.1, 0.15) is 26.4 Å². The zero-order valence-corrected chi connectivity index (χ0v) is 14.2. The van der Waals surface area contributed by atoms with E-state index in [1.54, 1.807) is 0 Å². The lowest BCUT2D eigenvalue weighted by Gasteiger charge is -2.04. The third-order valence-corrected chi connectivity index (χ3v) is 4.62. The van der Waals surface area contributed by atoms with Gasteiger partial charge in [0, 0.05) is 16.0 Å². The number of rotatable bonds is 3. The van der Waals surface area contributed by atoms with Crippen LogP contribution in [-0.2, 0) is 0 Å². The fraction of sp³-hybridized carbons (Fsp3) is 0.158. The first kappa shape index (κ1) is 15.4. The van der Waals surface area contributed by atoms with Gasteiger partial charge in [-0.2, -0.15) is 0 Å². The average molecular weight is 322 g/mol. The number of hydrogen-bond donors (Lipinski definition) is 1. The Kier molecular flexibility index (Phi) is 4.26. The van der Waals surface area contributed by atoms with E-state index in [2.05, 4.69) is 41.5 Å². The molecule has 1 aromatic heterocycles. The van der Waals surface area contributed by atoms with Crippen LogP contribution in [0.3, 0.4) is 0 Å². The lowest BCUT2D eigenvalue weighted by Crippen LogP contribution is -2.12. The van der Waals surface area contributed by atoms with E-state index < -0.39 is 0 Å². The number of benzene rings is 2. The van der Waals surface area contributed by atoms with Gasteiger partial charge >= 0.3 is 0 Å². The number of thiazole rings is 1.